The molecule has 1 heterocycles. The topological polar surface area (TPSA) is 46.5 Å². The van der Waals surface area contributed by atoms with Gasteiger partial charge in [-0.3, -0.25) is 4.57 Å². The van der Waals surface area contributed by atoms with Gasteiger partial charge < -0.3 is 9.63 Å². The van der Waals surface area contributed by atoms with Crippen molar-refractivity contribution in [1.82, 2.24) is 0 Å². The van der Waals surface area contributed by atoms with E-state index < -0.39 is 7.37 Å². The monoisotopic (exact) mass is 162 g/mol. The lowest BCUT2D eigenvalue weighted by molar-refractivity contribution is 0.204. The van der Waals surface area contributed by atoms with Crippen LogP contribution >= 0.6 is 7.37 Å². The van der Waals surface area contributed by atoms with Gasteiger partial charge in [0.15, 0.2) is 0 Å². The SMILES string of the molecule is O=P1(OCCO)CC=CC1. The summed E-state index contributed by atoms with van der Waals surface area (Å²) in [5, 5.41) is 8.37. The molecule has 0 aliphatic carbocycles. The zero-order valence-electron chi connectivity index (χ0n) is 5.69. The van der Waals surface area contributed by atoms with E-state index in [4.69, 9.17) is 9.63 Å². The molecule has 0 aromatic rings. The standard InChI is InChI=1S/C6H11O3P/c7-3-4-9-10(8)5-1-2-6-10/h1-2,7H,3-6H2. The third kappa shape index (κ3) is 1.94. The van der Waals surface area contributed by atoms with Crippen molar-refractivity contribution in [2.45, 2.75) is 0 Å². The maximum absolute atomic E-state index is 11.4. The molecule has 0 aromatic heterocycles. The molecule has 0 spiro atoms. The summed E-state index contributed by atoms with van der Waals surface area (Å²) in [6, 6.07) is 0. The molecule has 0 saturated carbocycles. The minimum atomic E-state index is -2.36. The van der Waals surface area contributed by atoms with E-state index in [0.717, 1.165) is 0 Å². The van der Waals surface area contributed by atoms with Crippen molar-refractivity contribution in [2.24, 2.45) is 0 Å². The van der Waals surface area contributed by atoms with E-state index >= 15 is 0 Å². The third-order valence-electron chi connectivity index (χ3n) is 1.35. The Bertz CT molecular complexity index is 164. The predicted octanol–water partition coefficient (Wildman–Crippen LogP) is 0.843. The van der Waals surface area contributed by atoms with Gasteiger partial charge in [0.2, 0.25) is 7.37 Å². The molecule has 0 saturated heterocycles. The molecule has 1 rings (SSSR count). The van der Waals surface area contributed by atoms with E-state index in [2.05, 4.69) is 0 Å². The maximum atomic E-state index is 11.4. The van der Waals surface area contributed by atoms with E-state index in [9.17, 15) is 4.57 Å². The van der Waals surface area contributed by atoms with Gasteiger partial charge in [0.1, 0.15) is 0 Å². The Morgan fingerprint density at radius 3 is 2.60 bits per heavy atom. The van der Waals surface area contributed by atoms with Crippen LogP contribution in [-0.4, -0.2) is 30.6 Å². The Balaban J connectivity index is 2.32. The minimum Gasteiger partial charge on any atom is -0.394 e. The molecular weight excluding hydrogens is 151 g/mol. The number of hydrogen-bond donors (Lipinski definition) is 1. The first-order valence-electron chi connectivity index (χ1n) is 3.25. The molecule has 0 amide bonds. The van der Waals surface area contributed by atoms with Crippen LogP contribution in [0.3, 0.4) is 0 Å². The molecule has 1 aliphatic rings. The summed E-state index contributed by atoms with van der Waals surface area (Å²) >= 11 is 0. The molecule has 4 heteroatoms. The Morgan fingerprint density at radius 1 is 1.50 bits per heavy atom. The van der Waals surface area contributed by atoms with Crippen molar-refractivity contribution in [3.05, 3.63) is 12.2 Å². The van der Waals surface area contributed by atoms with Crippen LogP contribution in [0.2, 0.25) is 0 Å². The average Bonchev–Trinajstić information content (AvgIpc) is 2.33. The number of hydrogen-bond acceptors (Lipinski definition) is 3. The van der Waals surface area contributed by atoms with Gasteiger partial charge >= 0.3 is 0 Å². The summed E-state index contributed by atoms with van der Waals surface area (Å²) in [7, 11) is -2.36. The highest BCUT2D eigenvalue weighted by Gasteiger charge is 2.23. The molecular formula is C6H11O3P. The van der Waals surface area contributed by atoms with E-state index in [1.165, 1.54) is 0 Å². The second kappa shape index (κ2) is 3.33. The average molecular weight is 162 g/mol. The normalized spacial score (nSPS) is 21.7. The molecule has 0 unspecified atom stereocenters. The number of allylic oxidation sites excluding steroid dienone is 2. The summed E-state index contributed by atoms with van der Waals surface area (Å²) in [5.74, 6) is 0. The maximum Gasteiger partial charge on any atom is 0.210 e. The summed E-state index contributed by atoms with van der Waals surface area (Å²) in [4.78, 5) is 0. The Morgan fingerprint density at radius 2 is 2.10 bits per heavy atom. The molecule has 0 radical (unpaired) electrons. The number of aliphatic hydroxyl groups is 1. The largest absolute Gasteiger partial charge is 0.394 e. The third-order valence-corrected chi connectivity index (χ3v) is 3.54. The number of aliphatic hydroxyl groups excluding tert-OH is 1. The van der Waals surface area contributed by atoms with Gasteiger partial charge in [-0.15, -0.1) is 0 Å². The van der Waals surface area contributed by atoms with E-state index in [-0.39, 0.29) is 13.2 Å². The molecule has 10 heavy (non-hydrogen) atoms. The van der Waals surface area contributed by atoms with Gasteiger partial charge in [-0.05, 0) is 0 Å². The van der Waals surface area contributed by atoms with Crippen molar-refractivity contribution in [3.8, 4) is 0 Å². The fraction of sp³-hybridized carbons (Fsp3) is 0.667. The fourth-order valence-electron chi connectivity index (χ4n) is 0.857. The molecule has 3 nitrogen and oxygen atoms in total. The molecule has 1 N–H and O–H groups in total. The molecule has 58 valence electrons. The zero-order valence-corrected chi connectivity index (χ0v) is 6.59. The van der Waals surface area contributed by atoms with E-state index in [0.29, 0.717) is 12.3 Å². The lowest BCUT2D eigenvalue weighted by Crippen LogP contribution is -1.98. The van der Waals surface area contributed by atoms with Crippen LogP contribution < -0.4 is 0 Å². The second-order valence-electron chi connectivity index (χ2n) is 2.21. The first-order valence-corrected chi connectivity index (χ1v) is 5.25. The predicted molar refractivity (Wildman–Crippen MR) is 39.5 cm³/mol. The Hall–Kier alpha value is -0.110. The molecule has 0 fully saturated rings. The first kappa shape index (κ1) is 7.99. The van der Waals surface area contributed by atoms with Crippen molar-refractivity contribution in [1.29, 1.82) is 0 Å². The first-order chi connectivity index (χ1) is 4.77. The lowest BCUT2D eigenvalue weighted by atomic mass is 10.6. The van der Waals surface area contributed by atoms with Crippen molar-refractivity contribution in [2.75, 3.05) is 25.5 Å². The second-order valence-corrected chi connectivity index (χ2v) is 4.83. The fourth-order valence-corrected chi connectivity index (χ4v) is 2.57. The number of rotatable bonds is 3. The highest BCUT2D eigenvalue weighted by molar-refractivity contribution is 7.59. The van der Waals surface area contributed by atoms with E-state index in [1.807, 2.05) is 12.2 Å². The Kier molecular flexibility index (Phi) is 2.66. The van der Waals surface area contributed by atoms with Gasteiger partial charge in [-0.1, -0.05) is 12.2 Å². The van der Waals surface area contributed by atoms with Crippen molar-refractivity contribution >= 4 is 7.37 Å². The van der Waals surface area contributed by atoms with Crippen LogP contribution in [0.15, 0.2) is 12.2 Å². The van der Waals surface area contributed by atoms with Crippen LogP contribution in [-0.2, 0) is 9.09 Å². The summed E-state index contributed by atoms with van der Waals surface area (Å²) in [6.45, 7) is 0.142. The highest BCUT2D eigenvalue weighted by Crippen LogP contribution is 2.49. The van der Waals surface area contributed by atoms with Gasteiger partial charge in [-0.2, -0.15) is 0 Å². The summed E-state index contributed by atoms with van der Waals surface area (Å²) in [6.07, 6.45) is 4.79. The molecule has 0 bridgehead atoms. The lowest BCUT2D eigenvalue weighted by Gasteiger charge is -2.09. The van der Waals surface area contributed by atoms with Gasteiger partial charge in [0.25, 0.3) is 0 Å². The Labute approximate surface area is 60.2 Å². The molecule has 0 aromatic carbocycles. The van der Waals surface area contributed by atoms with Crippen molar-refractivity contribution < 1.29 is 14.2 Å². The van der Waals surface area contributed by atoms with Crippen LogP contribution in [0.4, 0.5) is 0 Å². The summed E-state index contributed by atoms with van der Waals surface area (Å²) in [5.41, 5.74) is 0. The quantitative estimate of drug-likeness (QED) is 0.494. The molecule has 1 aliphatic heterocycles. The molecule has 0 atom stereocenters. The summed E-state index contributed by atoms with van der Waals surface area (Å²) < 4.78 is 16.4. The minimum absolute atomic E-state index is 0.0516. The van der Waals surface area contributed by atoms with Gasteiger partial charge in [0, 0.05) is 12.3 Å². The van der Waals surface area contributed by atoms with Crippen LogP contribution in [0, 0.1) is 0 Å². The smallest absolute Gasteiger partial charge is 0.210 e. The zero-order chi connectivity index (χ0) is 7.45. The van der Waals surface area contributed by atoms with Gasteiger partial charge in [-0.25, -0.2) is 0 Å². The van der Waals surface area contributed by atoms with Crippen molar-refractivity contribution in [3.63, 3.8) is 0 Å². The highest BCUT2D eigenvalue weighted by atomic mass is 31.2. The van der Waals surface area contributed by atoms with Gasteiger partial charge in [0.05, 0.1) is 13.2 Å². The van der Waals surface area contributed by atoms with Crippen LogP contribution in [0.5, 0.6) is 0 Å². The van der Waals surface area contributed by atoms with Crippen LogP contribution in [0.25, 0.3) is 0 Å². The van der Waals surface area contributed by atoms with Crippen LogP contribution in [0.1, 0.15) is 0 Å². The van der Waals surface area contributed by atoms with E-state index in [1.54, 1.807) is 0 Å².